The highest BCUT2D eigenvalue weighted by Crippen LogP contribution is 2.47. The number of aromatic nitrogens is 3. The summed E-state index contributed by atoms with van der Waals surface area (Å²) in [7, 11) is 3.51. The van der Waals surface area contributed by atoms with E-state index in [0.717, 1.165) is 63.6 Å². The Hall–Kier alpha value is -4.79. The summed E-state index contributed by atoms with van der Waals surface area (Å²) in [4.78, 5) is 26.3. The van der Waals surface area contributed by atoms with E-state index in [-0.39, 0.29) is 11.9 Å². The molecule has 0 saturated carbocycles. The third-order valence-electron chi connectivity index (χ3n) is 8.10. The minimum absolute atomic E-state index is 0.0370. The number of amides is 3. The van der Waals surface area contributed by atoms with Gasteiger partial charge in [-0.2, -0.15) is 5.10 Å². The van der Waals surface area contributed by atoms with Crippen molar-refractivity contribution in [2.45, 2.75) is 39.8 Å². The monoisotopic (exact) mass is 548 g/mol. The van der Waals surface area contributed by atoms with Crippen LogP contribution in [0.5, 0.6) is 5.75 Å². The average Bonchev–Trinajstić information content (AvgIpc) is 3.61. The molecule has 0 saturated heterocycles. The molecule has 2 aromatic heterocycles. The number of nitrogens with one attached hydrogen (secondary N) is 3. The van der Waals surface area contributed by atoms with Crippen molar-refractivity contribution in [3.05, 3.63) is 71.0 Å². The maximum absolute atomic E-state index is 13.3. The van der Waals surface area contributed by atoms with Crippen LogP contribution >= 0.6 is 0 Å². The molecule has 7 rings (SSSR count). The molecule has 9 nitrogen and oxygen atoms in total. The summed E-state index contributed by atoms with van der Waals surface area (Å²) in [6, 6.07) is 13.0. The normalized spacial score (nSPS) is 13.7. The number of para-hydroxylation sites is 2. The maximum Gasteiger partial charge on any atom is 0.323 e. The highest BCUT2D eigenvalue weighted by Gasteiger charge is 2.35. The molecule has 0 atom stereocenters. The number of nitrogens with zero attached hydrogens (tertiary/aromatic N) is 3. The molecule has 2 aliphatic rings. The fraction of sp³-hybridized carbons (Fsp3) is 0.281. The maximum atomic E-state index is 13.3. The third-order valence-corrected chi connectivity index (χ3v) is 8.10. The summed E-state index contributed by atoms with van der Waals surface area (Å²) in [5, 5.41) is 15.8. The molecule has 1 aliphatic carbocycles. The van der Waals surface area contributed by atoms with Gasteiger partial charge < -0.3 is 25.3 Å². The van der Waals surface area contributed by atoms with Gasteiger partial charge in [0.2, 0.25) is 0 Å². The van der Waals surface area contributed by atoms with Crippen LogP contribution < -0.4 is 20.7 Å². The number of anilines is 2. The molecule has 5 aromatic rings. The number of ether oxygens (including phenoxy) is 1. The predicted molar refractivity (Wildman–Crippen MR) is 161 cm³/mol. The molecule has 0 bridgehead atoms. The summed E-state index contributed by atoms with van der Waals surface area (Å²) in [6.07, 6.45) is 3.69. The van der Waals surface area contributed by atoms with Gasteiger partial charge >= 0.3 is 6.03 Å². The second-order valence-electron chi connectivity index (χ2n) is 11.3. The molecule has 3 amide bonds. The van der Waals surface area contributed by atoms with Gasteiger partial charge in [0.05, 0.1) is 29.6 Å². The number of urea groups is 1. The molecule has 3 heterocycles. The van der Waals surface area contributed by atoms with Crippen molar-refractivity contribution in [1.29, 1.82) is 0 Å². The number of hydrogen-bond donors (Lipinski definition) is 3. The van der Waals surface area contributed by atoms with E-state index in [2.05, 4.69) is 40.4 Å². The van der Waals surface area contributed by atoms with Crippen LogP contribution in [0.25, 0.3) is 32.9 Å². The zero-order valence-corrected chi connectivity index (χ0v) is 23.6. The lowest BCUT2D eigenvalue weighted by Gasteiger charge is -2.22. The number of benzene rings is 3. The first-order valence-corrected chi connectivity index (χ1v) is 14.0. The Morgan fingerprint density at radius 3 is 2.73 bits per heavy atom. The van der Waals surface area contributed by atoms with Crippen molar-refractivity contribution in [3.8, 4) is 16.9 Å². The van der Waals surface area contributed by atoms with Crippen LogP contribution in [0.1, 0.15) is 41.0 Å². The topological polar surface area (TPSA) is 102 Å². The first-order chi connectivity index (χ1) is 19.8. The summed E-state index contributed by atoms with van der Waals surface area (Å²) in [5.41, 5.74) is 9.65. The summed E-state index contributed by atoms with van der Waals surface area (Å²) < 4.78 is 9.63. The number of aryl methyl sites for hydroxylation is 3. The van der Waals surface area contributed by atoms with Crippen molar-refractivity contribution < 1.29 is 14.3 Å². The molecule has 1 aliphatic heterocycles. The fourth-order valence-corrected chi connectivity index (χ4v) is 6.58. The number of rotatable bonds is 5. The predicted octanol–water partition coefficient (Wildman–Crippen LogP) is 5.85. The van der Waals surface area contributed by atoms with Crippen LogP contribution in [0.2, 0.25) is 0 Å². The second-order valence-corrected chi connectivity index (χ2v) is 11.3. The van der Waals surface area contributed by atoms with E-state index in [9.17, 15) is 9.59 Å². The standard InChI is InChI=1S/C32H32N6O3/c1-17(2)15-38-25-12-9-18(34-32(40)35-24-7-5-6-8-26(24)41-4)13-20(25)28-21-14-33-31(39)29(21)27-19(30(28)38)10-11-23-22(27)16-37(3)36-23/h5-9,12-13,16-17H,10-11,14-15H2,1-4H3,(H,33,39)(H2,34,35,40). The molecule has 208 valence electrons. The summed E-state index contributed by atoms with van der Waals surface area (Å²) in [6.45, 7) is 5.76. The minimum atomic E-state index is -0.358. The van der Waals surface area contributed by atoms with Crippen LogP contribution in [0.4, 0.5) is 16.2 Å². The summed E-state index contributed by atoms with van der Waals surface area (Å²) >= 11 is 0. The molecule has 9 heteroatoms. The van der Waals surface area contributed by atoms with Gasteiger partial charge in [-0.15, -0.1) is 0 Å². The van der Waals surface area contributed by atoms with Crippen molar-refractivity contribution >= 4 is 45.1 Å². The summed E-state index contributed by atoms with van der Waals surface area (Å²) in [5.74, 6) is 0.966. The largest absolute Gasteiger partial charge is 0.495 e. The van der Waals surface area contributed by atoms with Gasteiger partial charge in [0.25, 0.3) is 5.91 Å². The lowest BCUT2D eigenvalue weighted by Crippen LogP contribution is -2.19. The number of carbonyl (C=O) groups is 2. The van der Waals surface area contributed by atoms with Crippen LogP contribution in [-0.4, -0.2) is 33.4 Å². The minimum Gasteiger partial charge on any atom is -0.495 e. The smallest absolute Gasteiger partial charge is 0.323 e. The van der Waals surface area contributed by atoms with Gasteiger partial charge in [0.1, 0.15) is 5.75 Å². The molecular weight excluding hydrogens is 516 g/mol. The van der Waals surface area contributed by atoms with E-state index >= 15 is 0 Å². The molecule has 41 heavy (non-hydrogen) atoms. The van der Waals surface area contributed by atoms with Gasteiger partial charge in [-0.1, -0.05) is 26.0 Å². The molecule has 0 unspecified atom stereocenters. The van der Waals surface area contributed by atoms with E-state index in [0.29, 0.717) is 29.6 Å². The van der Waals surface area contributed by atoms with Gasteiger partial charge in [-0.25, -0.2) is 4.79 Å². The Morgan fingerprint density at radius 2 is 1.93 bits per heavy atom. The quantitative estimate of drug-likeness (QED) is 0.257. The molecule has 3 N–H and O–H groups in total. The Labute approximate surface area is 237 Å². The average molecular weight is 549 g/mol. The first-order valence-electron chi connectivity index (χ1n) is 14.0. The Balaban J connectivity index is 1.42. The van der Waals surface area contributed by atoms with Gasteiger partial charge in [0, 0.05) is 59.4 Å². The van der Waals surface area contributed by atoms with E-state index in [1.807, 2.05) is 42.2 Å². The third kappa shape index (κ3) is 3.95. The Bertz CT molecular complexity index is 1900. The van der Waals surface area contributed by atoms with Gasteiger partial charge in [0.15, 0.2) is 0 Å². The van der Waals surface area contributed by atoms with E-state index in [4.69, 9.17) is 9.84 Å². The van der Waals surface area contributed by atoms with Gasteiger partial charge in [-0.3, -0.25) is 9.48 Å². The second kappa shape index (κ2) is 9.40. The van der Waals surface area contributed by atoms with Crippen molar-refractivity contribution in [2.75, 3.05) is 17.7 Å². The number of methoxy groups -OCH3 is 1. The highest BCUT2D eigenvalue weighted by molar-refractivity contribution is 6.20. The van der Waals surface area contributed by atoms with E-state index in [1.54, 1.807) is 19.2 Å². The molecule has 3 aromatic carbocycles. The highest BCUT2D eigenvalue weighted by atomic mass is 16.5. The Kier molecular flexibility index (Phi) is 5.78. The fourth-order valence-electron chi connectivity index (χ4n) is 6.58. The Morgan fingerprint density at radius 1 is 1.10 bits per heavy atom. The molecule has 0 spiro atoms. The molecular formula is C32H32N6O3. The molecule has 0 fully saturated rings. The number of carbonyl (C=O) groups excluding carboxylic acids is 2. The molecule has 0 radical (unpaired) electrons. The SMILES string of the molecule is COc1ccccc1NC(=O)Nc1ccc2c(c1)c1c3c(c4c(c1n2CC(C)C)CCc1nn(C)cc1-4)C(=O)NC3. The van der Waals surface area contributed by atoms with Crippen LogP contribution in [0.3, 0.4) is 0 Å². The van der Waals surface area contributed by atoms with Crippen LogP contribution in [0, 0.1) is 5.92 Å². The van der Waals surface area contributed by atoms with Crippen molar-refractivity contribution in [3.63, 3.8) is 0 Å². The van der Waals surface area contributed by atoms with E-state index < -0.39 is 0 Å². The van der Waals surface area contributed by atoms with Crippen LogP contribution in [0.15, 0.2) is 48.7 Å². The lowest BCUT2D eigenvalue weighted by atomic mass is 9.82. The van der Waals surface area contributed by atoms with Gasteiger partial charge in [-0.05, 0) is 60.2 Å². The van der Waals surface area contributed by atoms with Crippen LogP contribution in [-0.2, 0) is 33.0 Å². The zero-order valence-electron chi connectivity index (χ0n) is 23.6. The number of hydrogen-bond acceptors (Lipinski definition) is 4. The lowest BCUT2D eigenvalue weighted by molar-refractivity contribution is 0.0966. The van der Waals surface area contributed by atoms with Crippen molar-refractivity contribution in [1.82, 2.24) is 19.7 Å². The first kappa shape index (κ1) is 25.2. The number of fused-ring (bicyclic) bond motifs is 10. The van der Waals surface area contributed by atoms with Crippen molar-refractivity contribution in [2.24, 2.45) is 13.0 Å². The van der Waals surface area contributed by atoms with E-state index in [1.165, 1.54) is 11.1 Å². The zero-order chi connectivity index (χ0) is 28.4.